The van der Waals surface area contributed by atoms with Gasteiger partial charge in [-0.2, -0.15) is 0 Å². The first-order valence-electron chi connectivity index (χ1n) is 9.50. The van der Waals surface area contributed by atoms with Gasteiger partial charge in [-0.15, -0.1) is 0 Å². The van der Waals surface area contributed by atoms with Crippen LogP contribution in [-0.2, 0) is 6.54 Å². The second-order valence-electron chi connectivity index (χ2n) is 7.02. The van der Waals surface area contributed by atoms with Gasteiger partial charge in [0.1, 0.15) is 18.5 Å². The molecular weight excluding hydrogens is 369 g/mol. The van der Waals surface area contributed by atoms with Crippen molar-refractivity contribution in [1.29, 1.82) is 0 Å². The standard InChI is InChI=1S/C23H26FN3O2/c1-26(2)19-12-10-18(11-13-19)15-27(23-9-5-6-14-25-23)16-20(28)17-29-22-8-4-3-7-21(22)24/h3-14,20,28H,15-17H2,1-2H3. The van der Waals surface area contributed by atoms with Crippen LogP contribution in [0.4, 0.5) is 15.9 Å². The monoisotopic (exact) mass is 395 g/mol. The number of rotatable bonds is 9. The van der Waals surface area contributed by atoms with Crippen molar-refractivity contribution in [1.82, 2.24) is 4.98 Å². The first-order valence-corrected chi connectivity index (χ1v) is 9.50. The summed E-state index contributed by atoms with van der Waals surface area (Å²) >= 11 is 0. The van der Waals surface area contributed by atoms with Gasteiger partial charge < -0.3 is 19.6 Å². The van der Waals surface area contributed by atoms with Crippen LogP contribution in [-0.4, -0.2) is 43.4 Å². The molecule has 0 spiro atoms. The van der Waals surface area contributed by atoms with Gasteiger partial charge in [-0.1, -0.05) is 30.3 Å². The van der Waals surface area contributed by atoms with Crippen LogP contribution >= 0.6 is 0 Å². The van der Waals surface area contributed by atoms with E-state index in [4.69, 9.17) is 4.74 Å². The Morgan fingerprint density at radius 1 is 1.00 bits per heavy atom. The highest BCUT2D eigenvalue weighted by molar-refractivity contribution is 5.47. The number of aliphatic hydroxyl groups is 1. The van der Waals surface area contributed by atoms with E-state index >= 15 is 0 Å². The molecule has 2 aromatic carbocycles. The minimum absolute atomic E-state index is 0.0101. The molecule has 0 radical (unpaired) electrons. The maximum absolute atomic E-state index is 13.7. The summed E-state index contributed by atoms with van der Waals surface area (Å²) in [6.07, 6.45) is 0.914. The third-order valence-electron chi connectivity index (χ3n) is 4.50. The Labute approximate surface area is 171 Å². The number of pyridine rings is 1. The SMILES string of the molecule is CN(C)c1ccc(CN(CC(O)COc2ccccc2F)c2ccccn2)cc1. The van der Waals surface area contributed by atoms with Gasteiger partial charge >= 0.3 is 0 Å². The number of aromatic nitrogens is 1. The maximum Gasteiger partial charge on any atom is 0.165 e. The number of para-hydroxylation sites is 1. The summed E-state index contributed by atoms with van der Waals surface area (Å²) in [6.45, 7) is 0.881. The Morgan fingerprint density at radius 3 is 2.38 bits per heavy atom. The van der Waals surface area contributed by atoms with E-state index in [0.29, 0.717) is 13.1 Å². The predicted molar refractivity (Wildman–Crippen MR) is 114 cm³/mol. The molecule has 0 aliphatic rings. The third kappa shape index (κ3) is 5.93. The van der Waals surface area contributed by atoms with Gasteiger partial charge in [0, 0.05) is 39.1 Å². The van der Waals surface area contributed by atoms with Crippen LogP contribution in [0.3, 0.4) is 0 Å². The molecule has 1 atom stereocenters. The first-order chi connectivity index (χ1) is 14.0. The summed E-state index contributed by atoms with van der Waals surface area (Å²) in [5.74, 6) is 0.451. The van der Waals surface area contributed by atoms with Gasteiger partial charge in [0.05, 0.1) is 0 Å². The van der Waals surface area contributed by atoms with Gasteiger partial charge in [0.25, 0.3) is 0 Å². The minimum atomic E-state index is -0.808. The lowest BCUT2D eigenvalue weighted by Crippen LogP contribution is -2.36. The van der Waals surface area contributed by atoms with Crippen LogP contribution in [0.5, 0.6) is 5.75 Å². The van der Waals surface area contributed by atoms with Gasteiger partial charge in [-0.3, -0.25) is 0 Å². The summed E-state index contributed by atoms with van der Waals surface area (Å²) in [4.78, 5) is 8.44. The number of nitrogens with zero attached hydrogens (tertiary/aromatic N) is 3. The second kappa shape index (κ2) is 9.89. The Kier molecular flexibility index (Phi) is 7.03. The van der Waals surface area contributed by atoms with Crippen LogP contribution in [0, 0.1) is 5.82 Å². The molecule has 0 amide bonds. The molecule has 0 fully saturated rings. The molecule has 0 saturated heterocycles. The molecule has 0 bridgehead atoms. The van der Waals surface area contributed by atoms with Crippen LogP contribution in [0.15, 0.2) is 72.9 Å². The number of hydrogen-bond acceptors (Lipinski definition) is 5. The average Bonchev–Trinajstić information content (AvgIpc) is 2.74. The second-order valence-corrected chi connectivity index (χ2v) is 7.02. The summed E-state index contributed by atoms with van der Waals surface area (Å²) in [5.41, 5.74) is 2.22. The molecule has 6 heteroatoms. The van der Waals surface area contributed by atoms with E-state index in [0.717, 1.165) is 17.1 Å². The molecule has 1 aromatic heterocycles. The predicted octanol–water partition coefficient (Wildman–Crippen LogP) is 3.73. The zero-order valence-electron chi connectivity index (χ0n) is 16.7. The van der Waals surface area contributed by atoms with Gasteiger partial charge in [0.15, 0.2) is 11.6 Å². The molecule has 29 heavy (non-hydrogen) atoms. The first kappa shape index (κ1) is 20.6. The van der Waals surface area contributed by atoms with Gasteiger partial charge in [-0.05, 0) is 42.0 Å². The molecule has 3 aromatic rings. The fraction of sp³-hybridized carbons (Fsp3) is 0.261. The van der Waals surface area contributed by atoms with Crippen molar-refractivity contribution in [3.05, 3.63) is 84.3 Å². The highest BCUT2D eigenvalue weighted by Crippen LogP contribution is 2.19. The minimum Gasteiger partial charge on any atom is -0.488 e. The van der Waals surface area contributed by atoms with Crippen molar-refractivity contribution < 1.29 is 14.2 Å². The van der Waals surface area contributed by atoms with Crippen molar-refractivity contribution in [3.8, 4) is 5.75 Å². The number of halogens is 1. The highest BCUT2D eigenvalue weighted by Gasteiger charge is 2.16. The number of aliphatic hydroxyl groups excluding tert-OH is 1. The molecule has 152 valence electrons. The topological polar surface area (TPSA) is 48.8 Å². The van der Waals surface area contributed by atoms with E-state index in [-0.39, 0.29) is 12.4 Å². The molecule has 0 aliphatic heterocycles. The van der Waals surface area contributed by atoms with E-state index in [2.05, 4.69) is 29.2 Å². The van der Waals surface area contributed by atoms with Crippen molar-refractivity contribution in [2.24, 2.45) is 0 Å². The quantitative estimate of drug-likeness (QED) is 0.598. The molecule has 5 nitrogen and oxygen atoms in total. The van der Waals surface area contributed by atoms with Crippen molar-refractivity contribution in [2.45, 2.75) is 12.6 Å². The lowest BCUT2D eigenvalue weighted by atomic mass is 10.1. The average molecular weight is 395 g/mol. The van der Waals surface area contributed by atoms with E-state index in [1.54, 1.807) is 24.4 Å². The lowest BCUT2D eigenvalue weighted by Gasteiger charge is -2.26. The van der Waals surface area contributed by atoms with Crippen molar-refractivity contribution in [2.75, 3.05) is 37.0 Å². The summed E-state index contributed by atoms with van der Waals surface area (Å²) in [7, 11) is 4.00. The fourth-order valence-electron chi connectivity index (χ4n) is 2.95. The van der Waals surface area contributed by atoms with E-state index in [1.807, 2.05) is 42.1 Å². The molecule has 0 aliphatic carbocycles. The Morgan fingerprint density at radius 2 is 1.72 bits per heavy atom. The largest absolute Gasteiger partial charge is 0.488 e. The van der Waals surface area contributed by atoms with E-state index in [9.17, 15) is 9.50 Å². The zero-order valence-corrected chi connectivity index (χ0v) is 16.7. The van der Waals surface area contributed by atoms with E-state index < -0.39 is 11.9 Å². The molecule has 1 N–H and O–H groups in total. The van der Waals surface area contributed by atoms with Crippen LogP contribution in [0.1, 0.15) is 5.56 Å². The lowest BCUT2D eigenvalue weighted by molar-refractivity contribution is 0.109. The Bertz CT molecular complexity index is 888. The molecular formula is C23H26FN3O2. The van der Waals surface area contributed by atoms with E-state index in [1.165, 1.54) is 6.07 Å². The number of anilines is 2. The smallest absolute Gasteiger partial charge is 0.165 e. The molecule has 0 saturated carbocycles. The van der Waals surface area contributed by atoms with Gasteiger partial charge in [0.2, 0.25) is 0 Å². The van der Waals surface area contributed by atoms with Crippen LogP contribution < -0.4 is 14.5 Å². The zero-order chi connectivity index (χ0) is 20.6. The number of benzene rings is 2. The van der Waals surface area contributed by atoms with Crippen molar-refractivity contribution in [3.63, 3.8) is 0 Å². The summed E-state index contributed by atoms with van der Waals surface area (Å²) < 4.78 is 19.2. The Hall–Kier alpha value is -3.12. The number of hydrogen-bond donors (Lipinski definition) is 1. The summed E-state index contributed by atoms with van der Waals surface area (Å²) in [6, 6.07) is 20.1. The van der Waals surface area contributed by atoms with Crippen LogP contribution in [0.2, 0.25) is 0 Å². The Balaban J connectivity index is 1.68. The van der Waals surface area contributed by atoms with Crippen molar-refractivity contribution >= 4 is 11.5 Å². The maximum atomic E-state index is 13.7. The third-order valence-corrected chi connectivity index (χ3v) is 4.50. The highest BCUT2D eigenvalue weighted by atomic mass is 19.1. The van der Waals surface area contributed by atoms with Gasteiger partial charge in [-0.25, -0.2) is 9.37 Å². The molecule has 1 heterocycles. The molecule has 1 unspecified atom stereocenters. The van der Waals surface area contributed by atoms with Crippen LogP contribution in [0.25, 0.3) is 0 Å². The fourth-order valence-corrected chi connectivity index (χ4v) is 2.95. The number of ether oxygens (including phenoxy) is 1. The molecule has 3 rings (SSSR count). The summed E-state index contributed by atoms with van der Waals surface area (Å²) in [5, 5.41) is 10.5. The normalized spacial score (nSPS) is 11.7.